The van der Waals surface area contributed by atoms with E-state index in [1.54, 1.807) is 0 Å². The quantitative estimate of drug-likeness (QED) is 0.0198. The zero-order chi connectivity index (χ0) is 43.4. The van der Waals surface area contributed by atoms with E-state index >= 15 is 0 Å². The molecule has 2 unspecified atom stereocenters. The maximum absolute atomic E-state index is 12.8. The Kier molecular flexibility index (Phi) is 34.7. The number of unbranched alkanes of at least 4 members (excludes halogenated alkanes) is 26. The third-order valence-electron chi connectivity index (χ3n) is 11.1. The zero-order valence-electron chi connectivity index (χ0n) is 37.1. The molecule has 0 spiro atoms. The predicted octanol–water partition coefficient (Wildman–Crippen LogP) is 9.84. The summed E-state index contributed by atoms with van der Waals surface area (Å²) < 4.78 is 54.1. The van der Waals surface area contributed by atoms with Crippen molar-refractivity contribution in [2.24, 2.45) is 0 Å². The van der Waals surface area contributed by atoms with E-state index in [-0.39, 0.29) is 19.4 Å². The van der Waals surface area contributed by atoms with Crippen molar-refractivity contribution in [3.8, 4) is 0 Å². The minimum atomic E-state index is -4.60. The van der Waals surface area contributed by atoms with Crippen LogP contribution in [0.25, 0.3) is 0 Å². The first-order chi connectivity index (χ1) is 28.5. The molecule has 1 heterocycles. The summed E-state index contributed by atoms with van der Waals surface area (Å²) in [5.74, 6) is -1.97. The zero-order valence-corrected chi connectivity index (χ0v) is 37.9. The van der Waals surface area contributed by atoms with Crippen LogP contribution in [0.3, 0.4) is 0 Å². The third kappa shape index (κ3) is 31.8. The van der Waals surface area contributed by atoms with Gasteiger partial charge >= 0.3 is 11.9 Å². The van der Waals surface area contributed by atoms with Crippen LogP contribution in [0, 0.1) is 0 Å². The molecule has 12 nitrogen and oxygen atoms in total. The standard InChI is InChI=1S/C46H86O12S/c1-3-5-7-9-11-13-15-17-19-20-21-23-24-26-28-30-32-34-41(47)55-36-39(37-56-46-45(51)44(50)43(49)40(58-46)38-59(52,53)54)57-42(48)35-33-31-29-27-25-22-18-16-14-12-10-8-6-4-2/h17,19,39-40,43-46,49-51H,3-16,18,20-38H2,1-2H3,(H,52,53,54)/b19-17+/t39-,40-,43-,44?,45?,46+/m1/s1. The van der Waals surface area contributed by atoms with Gasteiger partial charge in [0.25, 0.3) is 10.1 Å². The summed E-state index contributed by atoms with van der Waals surface area (Å²) in [5.41, 5.74) is 0. The molecule has 348 valence electrons. The van der Waals surface area contributed by atoms with E-state index in [0.29, 0.717) is 12.8 Å². The monoisotopic (exact) mass is 863 g/mol. The van der Waals surface area contributed by atoms with Crippen molar-refractivity contribution in [1.82, 2.24) is 0 Å². The summed E-state index contributed by atoms with van der Waals surface area (Å²) in [6.07, 6.45) is 29.6. The van der Waals surface area contributed by atoms with Crippen molar-refractivity contribution in [3.63, 3.8) is 0 Å². The molecule has 0 radical (unpaired) electrons. The number of allylic oxidation sites excluding steroid dienone is 2. The van der Waals surface area contributed by atoms with Gasteiger partial charge in [-0.2, -0.15) is 8.42 Å². The van der Waals surface area contributed by atoms with Crippen LogP contribution in [-0.2, 0) is 38.7 Å². The lowest BCUT2D eigenvalue weighted by atomic mass is 10.00. The number of rotatable bonds is 40. The van der Waals surface area contributed by atoms with Crippen molar-refractivity contribution < 1.29 is 56.8 Å². The molecule has 1 saturated heterocycles. The molecule has 1 rings (SSSR count). The first kappa shape index (κ1) is 55.4. The lowest BCUT2D eigenvalue weighted by Crippen LogP contribution is -2.60. The van der Waals surface area contributed by atoms with E-state index in [4.69, 9.17) is 18.9 Å². The Labute approximate surface area is 358 Å². The molecule has 1 aliphatic heterocycles. The maximum atomic E-state index is 12.8. The van der Waals surface area contributed by atoms with Gasteiger partial charge in [-0.1, -0.05) is 174 Å². The summed E-state index contributed by atoms with van der Waals surface area (Å²) >= 11 is 0. The fraction of sp³-hybridized carbons (Fsp3) is 0.913. The summed E-state index contributed by atoms with van der Waals surface area (Å²) in [5, 5.41) is 30.9. The number of ether oxygens (including phenoxy) is 4. The van der Waals surface area contributed by atoms with Crippen LogP contribution >= 0.6 is 0 Å². The van der Waals surface area contributed by atoms with E-state index in [9.17, 15) is 37.9 Å². The molecular formula is C46H86O12S. The Bertz CT molecular complexity index is 1150. The van der Waals surface area contributed by atoms with Crippen molar-refractivity contribution in [2.75, 3.05) is 19.0 Å². The smallest absolute Gasteiger partial charge is 0.306 e. The van der Waals surface area contributed by atoms with E-state index in [2.05, 4.69) is 26.0 Å². The highest BCUT2D eigenvalue weighted by atomic mass is 32.2. The fourth-order valence-electron chi connectivity index (χ4n) is 7.38. The van der Waals surface area contributed by atoms with Gasteiger partial charge in [-0.15, -0.1) is 0 Å². The lowest BCUT2D eigenvalue weighted by molar-refractivity contribution is -0.297. The minimum absolute atomic E-state index is 0.169. The molecule has 1 aliphatic rings. The average molecular weight is 863 g/mol. The largest absolute Gasteiger partial charge is 0.462 e. The summed E-state index contributed by atoms with van der Waals surface area (Å²) in [6.45, 7) is 3.77. The molecule has 0 aromatic rings. The van der Waals surface area contributed by atoms with Crippen molar-refractivity contribution in [1.29, 1.82) is 0 Å². The van der Waals surface area contributed by atoms with Gasteiger partial charge in [0.2, 0.25) is 0 Å². The van der Waals surface area contributed by atoms with Gasteiger partial charge in [0.15, 0.2) is 12.4 Å². The van der Waals surface area contributed by atoms with Crippen LogP contribution in [0.5, 0.6) is 0 Å². The molecule has 0 aromatic carbocycles. The first-order valence-corrected chi connectivity index (χ1v) is 25.4. The third-order valence-corrected chi connectivity index (χ3v) is 11.8. The minimum Gasteiger partial charge on any atom is -0.462 e. The average Bonchev–Trinajstić information content (AvgIpc) is 3.20. The van der Waals surface area contributed by atoms with E-state index < -0.39 is 71.2 Å². The second-order valence-corrected chi connectivity index (χ2v) is 18.3. The Hall–Kier alpha value is -1.61. The van der Waals surface area contributed by atoms with E-state index in [1.165, 1.54) is 128 Å². The van der Waals surface area contributed by atoms with Crippen molar-refractivity contribution in [3.05, 3.63) is 12.2 Å². The second kappa shape index (κ2) is 37.0. The summed E-state index contributed by atoms with van der Waals surface area (Å²) in [6, 6.07) is 0. The fourth-order valence-corrected chi connectivity index (χ4v) is 8.07. The second-order valence-electron chi connectivity index (χ2n) is 16.8. The van der Waals surface area contributed by atoms with Gasteiger partial charge in [0.1, 0.15) is 36.8 Å². The molecule has 1 fully saturated rings. The first-order valence-electron chi connectivity index (χ1n) is 23.7. The Balaban J connectivity index is 2.41. The van der Waals surface area contributed by atoms with Crippen LogP contribution in [0.1, 0.15) is 213 Å². The van der Waals surface area contributed by atoms with E-state index in [1.807, 2.05) is 0 Å². The normalized spacial score (nSPS) is 20.3. The molecule has 0 saturated carbocycles. The molecule has 13 heteroatoms. The molecule has 59 heavy (non-hydrogen) atoms. The van der Waals surface area contributed by atoms with Gasteiger partial charge in [-0.25, -0.2) is 0 Å². The number of aliphatic hydroxyl groups excluding tert-OH is 3. The maximum Gasteiger partial charge on any atom is 0.306 e. The highest BCUT2D eigenvalue weighted by Gasteiger charge is 2.46. The van der Waals surface area contributed by atoms with Gasteiger partial charge in [0.05, 0.1) is 6.61 Å². The Morgan fingerprint density at radius 1 is 0.559 bits per heavy atom. The molecule has 4 N–H and O–H groups in total. The van der Waals surface area contributed by atoms with Crippen LogP contribution < -0.4 is 0 Å². The number of hydrogen-bond donors (Lipinski definition) is 4. The highest BCUT2D eigenvalue weighted by molar-refractivity contribution is 7.85. The number of aliphatic hydroxyl groups is 3. The topological polar surface area (TPSA) is 186 Å². The Morgan fingerprint density at radius 3 is 1.41 bits per heavy atom. The van der Waals surface area contributed by atoms with Crippen LogP contribution in [0.2, 0.25) is 0 Å². The van der Waals surface area contributed by atoms with Crippen molar-refractivity contribution >= 4 is 22.1 Å². The van der Waals surface area contributed by atoms with Gasteiger partial charge in [0, 0.05) is 12.8 Å². The van der Waals surface area contributed by atoms with Crippen LogP contribution in [-0.4, -0.2) is 96.0 Å². The van der Waals surface area contributed by atoms with Gasteiger partial charge in [-0.05, 0) is 38.5 Å². The summed E-state index contributed by atoms with van der Waals surface area (Å²) in [7, 11) is -4.60. The molecular weight excluding hydrogens is 777 g/mol. The van der Waals surface area contributed by atoms with Crippen LogP contribution in [0.15, 0.2) is 12.2 Å². The van der Waals surface area contributed by atoms with Gasteiger partial charge < -0.3 is 34.3 Å². The van der Waals surface area contributed by atoms with Gasteiger partial charge in [-0.3, -0.25) is 14.1 Å². The SMILES string of the molecule is CCCCCCCC/C=C/CCCCCCCCCC(=O)OC[C@H](CO[C@H]1O[C@H](CS(=O)(=O)O)[C@@H](O)C(O)C1O)OC(=O)CCCCCCCCCCCCCCCC. The van der Waals surface area contributed by atoms with Crippen LogP contribution in [0.4, 0.5) is 0 Å². The number of carbonyl (C=O) groups excluding carboxylic acids is 2. The molecule has 0 amide bonds. The molecule has 0 bridgehead atoms. The number of carbonyl (C=O) groups is 2. The van der Waals surface area contributed by atoms with Crippen molar-refractivity contribution in [2.45, 2.75) is 250 Å². The van der Waals surface area contributed by atoms with E-state index in [0.717, 1.165) is 44.9 Å². The molecule has 6 atom stereocenters. The molecule has 0 aliphatic carbocycles. The number of esters is 2. The summed E-state index contributed by atoms with van der Waals surface area (Å²) in [4.78, 5) is 25.4. The number of hydrogen-bond acceptors (Lipinski definition) is 11. The highest BCUT2D eigenvalue weighted by Crippen LogP contribution is 2.24. The predicted molar refractivity (Wildman–Crippen MR) is 234 cm³/mol. The Morgan fingerprint density at radius 2 is 0.966 bits per heavy atom. The lowest BCUT2D eigenvalue weighted by Gasteiger charge is -2.40. The molecule has 0 aromatic heterocycles.